The molecule has 0 radical (unpaired) electrons. The monoisotopic (exact) mass is 428 g/mol. The number of piperazine rings is 1. The smallest absolute Gasteiger partial charge is 0.252 e. The second-order valence-electron chi connectivity index (χ2n) is 9.61. The number of hydrogen-bond acceptors (Lipinski definition) is 7. The van der Waals surface area contributed by atoms with Crippen LogP contribution in [0.25, 0.3) is 0 Å². The molecule has 31 heavy (non-hydrogen) atoms. The molecule has 2 amide bonds. The first-order valence-corrected chi connectivity index (χ1v) is 11.3. The van der Waals surface area contributed by atoms with E-state index in [9.17, 15) is 14.7 Å². The van der Waals surface area contributed by atoms with Crippen LogP contribution in [0, 0.1) is 0 Å². The number of ether oxygens (including phenoxy) is 1. The van der Waals surface area contributed by atoms with Crippen LogP contribution in [0.3, 0.4) is 0 Å². The molecule has 1 N–H and O–H groups in total. The number of amides is 2. The van der Waals surface area contributed by atoms with E-state index in [0.717, 1.165) is 37.2 Å². The number of nitrogens with zero attached hydrogens (tertiary/aromatic N) is 4. The molecule has 168 valence electrons. The number of carbonyl (C=O) groups is 2. The molecular formula is C23H32N4O4. The highest BCUT2D eigenvalue weighted by Gasteiger charge is 2.64. The minimum Gasteiger partial charge on any atom is -0.497 e. The maximum Gasteiger partial charge on any atom is 0.252 e. The van der Waals surface area contributed by atoms with Crippen LogP contribution in [0.15, 0.2) is 24.3 Å². The van der Waals surface area contributed by atoms with Gasteiger partial charge in [-0.05, 0) is 57.1 Å². The number of benzene rings is 1. The third-order valence-corrected chi connectivity index (χ3v) is 7.66. The maximum absolute atomic E-state index is 13.7. The zero-order chi connectivity index (χ0) is 21.8. The van der Waals surface area contributed by atoms with Crippen molar-refractivity contribution in [3.8, 4) is 5.75 Å². The van der Waals surface area contributed by atoms with Crippen molar-refractivity contribution in [1.29, 1.82) is 0 Å². The minimum atomic E-state index is -0.689. The minimum absolute atomic E-state index is 0.108. The van der Waals surface area contributed by atoms with Crippen LogP contribution in [0.4, 0.5) is 0 Å². The van der Waals surface area contributed by atoms with Crippen molar-refractivity contribution in [2.75, 3.05) is 46.9 Å². The highest BCUT2D eigenvalue weighted by Crippen LogP contribution is 2.42. The Balaban J connectivity index is 1.37. The Kier molecular flexibility index (Phi) is 5.29. The van der Waals surface area contributed by atoms with Gasteiger partial charge in [-0.2, -0.15) is 0 Å². The van der Waals surface area contributed by atoms with Crippen molar-refractivity contribution >= 4 is 11.8 Å². The molecule has 8 heteroatoms. The Labute approximate surface area is 183 Å². The van der Waals surface area contributed by atoms with Gasteiger partial charge in [-0.1, -0.05) is 12.1 Å². The fourth-order valence-corrected chi connectivity index (χ4v) is 5.80. The lowest BCUT2D eigenvalue weighted by atomic mass is 9.80. The van der Waals surface area contributed by atoms with Crippen LogP contribution in [0.5, 0.6) is 5.75 Å². The van der Waals surface area contributed by atoms with Crippen LogP contribution in [-0.4, -0.2) is 107 Å². The summed E-state index contributed by atoms with van der Waals surface area (Å²) in [6.07, 6.45) is 2.07. The summed E-state index contributed by atoms with van der Waals surface area (Å²) < 4.78 is 5.22. The average Bonchev–Trinajstić information content (AvgIpc) is 3.14. The van der Waals surface area contributed by atoms with E-state index in [1.165, 1.54) is 4.90 Å². The van der Waals surface area contributed by atoms with Crippen molar-refractivity contribution in [2.45, 2.75) is 49.5 Å². The molecule has 4 fully saturated rings. The molecule has 0 aromatic heterocycles. The molecule has 1 aromatic rings. The summed E-state index contributed by atoms with van der Waals surface area (Å²) >= 11 is 0. The summed E-state index contributed by atoms with van der Waals surface area (Å²) in [5, 5.41) is 10.3. The van der Waals surface area contributed by atoms with Gasteiger partial charge >= 0.3 is 0 Å². The van der Waals surface area contributed by atoms with Crippen LogP contribution >= 0.6 is 0 Å². The van der Waals surface area contributed by atoms with E-state index in [4.69, 9.17) is 4.74 Å². The Morgan fingerprint density at radius 1 is 1.13 bits per heavy atom. The van der Waals surface area contributed by atoms with E-state index >= 15 is 0 Å². The van der Waals surface area contributed by atoms with Crippen molar-refractivity contribution in [3.05, 3.63) is 29.8 Å². The topological polar surface area (TPSA) is 76.6 Å². The highest BCUT2D eigenvalue weighted by atomic mass is 16.5. The zero-order valence-corrected chi connectivity index (χ0v) is 18.4. The molecule has 0 bridgehead atoms. The van der Waals surface area contributed by atoms with Gasteiger partial charge in [-0.15, -0.1) is 0 Å². The van der Waals surface area contributed by atoms with Gasteiger partial charge in [0, 0.05) is 25.7 Å². The zero-order valence-electron chi connectivity index (χ0n) is 18.4. The average molecular weight is 429 g/mol. The first-order chi connectivity index (χ1) is 14.9. The van der Waals surface area contributed by atoms with Gasteiger partial charge in [0.05, 0.1) is 25.8 Å². The maximum atomic E-state index is 13.7. The second-order valence-corrected chi connectivity index (χ2v) is 9.61. The van der Waals surface area contributed by atoms with Gasteiger partial charge in [-0.25, -0.2) is 0 Å². The van der Waals surface area contributed by atoms with Crippen LogP contribution in [0.1, 0.15) is 24.8 Å². The Morgan fingerprint density at radius 2 is 1.81 bits per heavy atom. The van der Waals surface area contributed by atoms with Crippen molar-refractivity contribution < 1.29 is 19.4 Å². The van der Waals surface area contributed by atoms with Crippen molar-refractivity contribution in [2.24, 2.45) is 0 Å². The molecule has 0 aliphatic carbocycles. The number of likely N-dealkylation sites (tertiary alicyclic amines) is 2. The van der Waals surface area contributed by atoms with Crippen molar-refractivity contribution in [1.82, 2.24) is 19.6 Å². The number of rotatable bonds is 4. The standard InChI is InChI=1S/C23H32N4O4/c1-24-9-7-17(8-10-24)25-14-23(15-25)22(30)26(12-16-3-5-19(31-2)6-4-16)21(29)20-11-18(28)13-27(20)23/h3-6,17-18,20,28H,7-15H2,1-2H3/t18-,20+/m1/s1. The summed E-state index contributed by atoms with van der Waals surface area (Å²) in [6, 6.07) is 7.57. The number of hydrogen-bond donors (Lipinski definition) is 1. The lowest BCUT2D eigenvalue weighted by molar-refractivity contribution is -0.184. The number of carbonyl (C=O) groups excluding carboxylic acids is 2. The third kappa shape index (κ3) is 3.46. The fourth-order valence-electron chi connectivity index (χ4n) is 5.80. The highest BCUT2D eigenvalue weighted by molar-refractivity contribution is 6.06. The van der Waals surface area contributed by atoms with E-state index < -0.39 is 17.7 Å². The van der Waals surface area contributed by atoms with Crippen LogP contribution in [-0.2, 0) is 16.1 Å². The lowest BCUT2D eigenvalue weighted by Crippen LogP contribution is -2.82. The number of β-amino-alcohol motifs (C(OH)–C–C–N with tert-alkyl or cyclic N) is 1. The number of aliphatic hydroxyl groups excluding tert-OH is 1. The van der Waals surface area contributed by atoms with Gasteiger partial charge in [0.2, 0.25) is 5.91 Å². The summed E-state index contributed by atoms with van der Waals surface area (Å²) in [7, 11) is 3.76. The van der Waals surface area contributed by atoms with Crippen LogP contribution in [0.2, 0.25) is 0 Å². The Hall–Kier alpha value is -2.00. The van der Waals surface area contributed by atoms with E-state index in [-0.39, 0.29) is 18.4 Å². The number of aliphatic hydroxyl groups is 1. The van der Waals surface area contributed by atoms with Crippen LogP contribution < -0.4 is 4.74 Å². The third-order valence-electron chi connectivity index (χ3n) is 7.66. The summed E-state index contributed by atoms with van der Waals surface area (Å²) in [6.45, 7) is 4.12. The Morgan fingerprint density at radius 3 is 2.45 bits per heavy atom. The molecule has 8 nitrogen and oxygen atoms in total. The quantitative estimate of drug-likeness (QED) is 0.684. The SMILES string of the molecule is COc1ccc(CN2C(=O)[C@@H]3C[C@@H](O)CN3C3(CN(C4CCN(C)CC4)C3)C2=O)cc1. The summed E-state index contributed by atoms with van der Waals surface area (Å²) in [5.74, 6) is 0.456. The number of methoxy groups -OCH3 is 1. The molecule has 1 aromatic carbocycles. The molecule has 4 saturated heterocycles. The van der Waals surface area contributed by atoms with E-state index in [2.05, 4.69) is 16.8 Å². The van der Waals surface area contributed by atoms with E-state index in [0.29, 0.717) is 32.1 Å². The van der Waals surface area contributed by atoms with E-state index in [1.807, 2.05) is 29.2 Å². The normalized spacial score (nSPS) is 30.0. The molecule has 0 saturated carbocycles. The van der Waals surface area contributed by atoms with Gasteiger partial charge in [0.1, 0.15) is 11.3 Å². The molecule has 4 aliphatic heterocycles. The molecular weight excluding hydrogens is 396 g/mol. The molecule has 4 heterocycles. The first kappa shape index (κ1) is 20.9. The molecule has 4 aliphatic rings. The van der Waals surface area contributed by atoms with E-state index in [1.54, 1.807) is 7.11 Å². The molecule has 2 atom stereocenters. The molecule has 5 rings (SSSR count). The molecule has 1 spiro atoms. The number of piperidine rings is 1. The number of fused-ring (bicyclic) bond motifs is 2. The summed E-state index contributed by atoms with van der Waals surface area (Å²) in [5.41, 5.74) is 0.211. The van der Waals surface area contributed by atoms with Crippen molar-refractivity contribution in [3.63, 3.8) is 0 Å². The Bertz CT molecular complexity index is 846. The molecule has 0 unspecified atom stereocenters. The van der Waals surface area contributed by atoms with Gasteiger partial charge in [0.15, 0.2) is 0 Å². The van der Waals surface area contributed by atoms with Gasteiger partial charge < -0.3 is 14.7 Å². The van der Waals surface area contributed by atoms with Gasteiger partial charge in [0.25, 0.3) is 5.91 Å². The summed E-state index contributed by atoms with van der Waals surface area (Å²) in [4.78, 5) is 35.2. The fraction of sp³-hybridized carbons (Fsp3) is 0.652. The predicted molar refractivity (Wildman–Crippen MR) is 114 cm³/mol. The predicted octanol–water partition coefficient (Wildman–Crippen LogP) is 0.148. The first-order valence-electron chi connectivity index (χ1n) is 11.3. The number of imide groups is 1. The van der Waals surface area contributed by atoms with Gasteiger partial charge in [-0.3, -0.25) is 24.3 Å². The lowest BCUT2D eigenvalue weighted by Gasteiger charge is -2.60. The largest absolute Gasteiger partial charge is 0.497 e. The second kappa shape index (κ2) is 7.85.